The Labute approximate surface area is 267 Å². The minimum atomic E-state index is -0.568. The van der Waals surface area contributed by atoms with Crippen LogP contribution < -0.4 is 0 Å². The summed E-state index contributed by atoms with van der Waals surface area (Å²) in [5, 5.41) is 1.59. The molecule has 0 bridgehead atoms. The molecule has 2 heteroatoms. The van der Waals surface area contributed by atoms with Crippen molar-refractivity contribution in [1.29, 1.82) is 0 Å². The van der Waals surface area contributed by atoms with Gasteiger partial charge in [-0.1, -0.05) is 90.8 Å². The van der Waals surface area contributed by atoms with E-state index in [9.17, 15) is 9.60 Å². The maximum absolute atomic E-state index is 9.73. The summed E-state index contributed by atoms with van der Waals surface area (Å²) in [6.45, 7) is 1.56. The zero-order valence-corrected chi connectivity index (χ0v) is 22.8. The highest BCUT2D eigenvalue weighted by molar-refractivity contribution is 6.13. The molecular formula is C41H28N2. The number of hydrogen-bond donors (Lipinski definition) is 0. The molecule has 2 nitrogen and oxygen atoms in total. The first-order valence-corrected chi connectivity index (χ1v) is 13.8. The van der Waals surface area contributed by atoms with Crippen molar-refractivity contribution in [2.45, 2.75) is 6.92 Å². The van der Waals surface area contributed by atoms with E-state index in [2.05, 4.69) is 0 Å². The minimum Gasteiger partial charge on any atom is -0.309 e. The van der Waals surface area contributed by atoms with Gasteiger partial charge >= 0.3 is 0 Å². The minimum absolute atomic E-state index is 0.0109. The molecule has 0 N–H and O–H groups in total. The van der Waals surface area contributed by atoms with Crippen LogP contribution >= 0.6 is 0 Å². The van der Waals surface area contributed by atoms with Gasteiger partial charge in [-0.2, -0.15) is 0 Å². The second-order valence-corrected chi connectivity index (χ2v) is 10.4. The highest BCUT2D eigenvalue weighted by atomic mass is 15.0. The Bertz CT molecular complexity index is 3240. The van der Waals surface area contributed by atoms with Crippen LogP contribution in [-0.2, 0) is 0 Å². The molecule has 0 saturated heterocycles. The normalized spacial score (nSPS) is 16.1. The van der Waals surface area contributed by atoms with E-state index in [4.69, 9.17) is 8.22 Å². The maximum Gasteiger partial charge on any atom is 0.0648 e. The van der Waals surface area contributed by atoms with Crippen LogP contribution in [0.2, 0.25) is 0 Å². The molecule has 202 valence electrons. The Morgan fingerprint density at radius 2 is 1.09 bits per heavy atom. The zero-order valence-electron chi connectivity index (χ0n) is 35.8. The van der Waals surface area contributed by atoms with E-state index in [1.54, 1.807) is 47.9 Å². The lowest BCUT2D eigenvalue weighted by molar-refractivity contribution is 1.18. The Morgan fingerprint density at radius 3 is 1.86 bits per heavy atom. The van der Waals surface area contributed by atoms with Gasteiger partial charge in [0.15, 0.2) is 0 Å². The number of benzene rings is 7. The third-order valence-electron chi connectivity index (χ3n) is 7.82. The Kier molecular flexibility index (Phi) is 3.11. The lowest BCUT2D eigenvalue weighted by atomic mass is 10.0. The van der Waals surface area contributed by atoms with Crippen LogP contribution in [0, 0.1) is 6.92 Å². The molecule has 0 aliphatic heterocycles. The average Bonchev–Trinajstić information content (AvgIpc) is 3.76. The smallest absolute Gasteiger partial charge is 0.0648 e. The van der Waals surface area contributed by atoms with E-state index in [0.29, 0.717) is 11.4 Å². The summed E-state index contributed by atoms with van der Waals surface area (Å²) in [7, 11) is 0. The number of rotatable bonds is 3. The summed E-state index contributed by atoms with van der Waals surface area (Å²) in [5.74, 6) is 0. The van der Waals surface area contributed by atoms with Crippen molar-refractivity contribution in [2.75, 3.05) is 0 Å². The predicted octanol–water partition coefficient (Wildman–Crippen LogP) is 11.0. The molecule has 0 spiro atoms. The summed E-state index contributed by atoms with van der Waals surface area (Å²) < 4.78 is 122. The molecule has 0 aliphatic rings. The fourth-order valence-corrected chi connectivity index (χ4v) is 5.87. The van der Waals surface area contributed by atoms with Crippen molar-refractivity contribution in [1.82, 2.24) is 9.13 Å². The molecule has 0 fully saturated rings. The lowest BCUT2D eigenvalue weighted by Gasteiger charge is -2.10. The number of hydrogen-bond acceptors (Lipinski definition) is 0. The molecular weight excluding hydrogens is 520 g/mol. The van der Waals surface area contributed by atoms with E-state index in [0.717, 1.165) is 10.8 Å². The molecule has 0 radical (unpaired) electrons. The van der Waals surface area contributed by atoms with Crippen molar-refractivity contribution in [3.8, 4) is 22.5 Å². The molecule has 0 atom stereocenters. The maximum atomic E-state index is 9.73. The van der Waals surface area contributed by atoms with Crippen molar-refractivity contribution in [3.05, 3.63) is 157 Å². The molecule has 0 saturated carbocycles. The van der Waals surface area contributed by atoms with Crippen LogP contribution in [0.15, 0.2) is 151 Å². The predicted molar refractivity (Wildman–Crippen MR) is 183 cm³/mol. The van der Waals surface area contributed by atoms with E-state index in [1.165, 1.54) is 4.57 Å². The zero-order chi connectivity index (χ0) is 39.8. The van der Waals surface area contributed by atoms with Crippen LogP contribution in [0.4, 0.5) is 0 Å². The number of nitrogens with zero attached hydrogens (tertiary/aromatic N) is 2. The van der Waals surface area contributed by atoms with Gasteiger partial charge in [-0.15, -0.1) is 0 Å². The van der Waals surface area contributed by atoms with Crippen molar-refractivity contribution < 1.29 is 17.8 Å². The second-order valence-electron chi connectivity index (χ2n) is 10.4. The van der Waals surface area contributed by atoms with Gasteiger partial charge in [0, 0.05) is 32.9 Å². The Morgan fingerprint density at radius 1 is 0.465 bits per heavy atom. The molecule has 0 unspecified atom stereocenters. The highest BCUT2D eigenvalue weighted by Crippen LogP contribution is 2.38. The van der Waals surface area contributed by atoms with E-state index in [1.807, 2.05) is 36.4 Å². The van der Waals surface area contributed by atoms with Crippen LogP contribution in [0.5, 0.6) is 0 Å². The van der Waals surface area contributed by atoms with Gasteiger partial charge in [0.2, 0.25) is 0 Å². The third kappa shape index (κ3) is 3.67. The highest BCUT2D eigenvalue weighted by Gasteiger charge is 2.16. The SMILES string of the molecule is [2H]c1c([2H])c([2H])c2c(c1[2H])c1c([2H])c(-c3c([2H])c([2H])c4c(c3[2H])c3c([2H])c([2H])c(C)c([2H])c3n4-c3ccc4ccccc4c3)c([2H])c([2H])c1n2-c1ccccc1. The average molecular weight is 562 g/mol. The molecule has 0 aliphatic carbocycles. The van der Waals surface area contributed by atoms with Gasteiger partial charge in [-0.3, -0.25) is 0 Å². The first-order chi connectivity index (χ1) is 26.7. The fourth-order valence-electron chi connectivity index (χ4n) is 5.87. The largest absolute Gasteiger partial charge is 0.309 e. The molecule has 2 aromatic heterocycles. The molecule has 7 aromatic carbocycles. The quantitative estimate of drug-likeness (QED) is 0.203. The summed E-state index contributed by atoms with van der Waals surface area (Å²) in [6.07, 6.45) is 0. The topological polar surface area (TPSA) is 9.86 Å². The number of para-hydroxylation sites is 2. The van der Waals surface area contributed by atoms with Crippen LogP contribution in [-0.4, -0.2) is 9.13 Å². The van der Waals surface area contributed by atoms with Gasteiger partial charge in [0.25, 0.3) is 0 Å². The fraction of sp³-hybridized carbons (Fsp3) is 0.0244. The molecule has 0 amide bonds. The Balaban J connectivity index is 1.49. The van der Waals surface area contributed by atoms with Crippen LogP contribution in [0.1, 0.15) is 23.4 Å². The van der Waals surface area contributed by atoms with Gasteiger partial charge in [0.05, 0.1) is 39.9 Å². The van der Waals surface area contributed by atoms with E-state index >= 15 is 0 Å². The molecule has 43 heavy (non-hydrogen) atoms. The molecule has 9 aromatic rings. The van der Waals surface area contributed by atoms with E-state index in [-0.39, 0.29) is 78.4 Å². The summed E-state index contributed by atoms with van der Waals surface area (Å²) in [5.41, 5.74) is 0.548. The first-order valence-electron chi connectivity index (χ1n) is 20.3. The first kappa shape index (κ1) is 14.5. The molecule has 9 rings (SSSR count). The second kappa shape index (κ2) is 9.20. The van der Waals surface area contributed by atoms with Gasteiger partial charge in [0.1, 0.15) is 0 Å². The third-order valence-corrected chi connectivity index (χ3v) is 7.82. The van der Waals surface area contributed by atoms with Crippen molar-refractivity contribution in [2.24, 2.45) is 0 Å². The summed E-state index contributed by atoms with van der Waals surface area (Å²) >= 11 is 0. The van der Waals surface area contributed by atoms with Gasteiger partial charge < -0.3 is 9.13 Å². The number of aromatic nitrogens is 2. The van der Waals surface area contributed by atoms with Crippen LogP contribution in [0.3, 0.4) is 0 Å². The summed E-state index contributed by atoms with van der Waals surface area (Å²) in [6, 6.07) is 16.1. The van der Waals surface area contributed by atoms with Crippen LogP contribution in [0.25, 0.3) is 76.9 Å². The standard InChI is InChI=1S/C41H28N2/c1-27-15-20-35-37-26-31(18-22-40(37)43(41(35)23-27)33-19-16-28-9-5-6-10-29(28)24-33)30-17-21-39-36(25-30)34-13-7-8-14-38(34)42(39)32-11-3-2-4-12-32/h2-26H,1H3/i7D,8D,13D,14D,15D,17D,18D,20D,21D,22D,23D,25D,26D. The molecule has 2 heterocycles. The van der Waals surface area contributed by atoms with Gasteiger partial charge in [-0.25, -0.2) is 0 Å². The van der Waals surface area contributed by atoms with Gasteiger partial charge in [-0.05, 0) is 94.9 Å². The van der Waals surface area contributed by atoms with E-state index < -0.39 is 60.4 Å². The summed E-state index contributed by atoms with van der Waals surface area (Å²) in [4.78, 5) is 0. The van der Waals surface area contributed by atoms with Crippen molar-refractivity contribution in [3.63, 3.8) is 0 Å². The Hall–Kier alpha value is -5.60. The number of fused-ring (bicyclic) bond motifs is 7. The lowest BCUT2D eigenvalue weighted by Crippen LogP contribution is -1.94. The monoisotopic (exact) mass is 561 g/mol. The van der Waals surface area contributed by atoms with Crippen molar-refractivity contribution >= 4 is 54.4 Å².